The number of ether oxygens (including phenoxy) is 1. The maximum absolute atomic E-state index is 9.26. The molecule has 0 bridgehead atoms. The van der Waals surface area contributed by atoms with Crippen LogP contribution in [0, 0.1) is 0 Å². The van der Waals surface area contributed by atoms with Crippen molar-refractivity contribution in [1.29, 1.82) is 0 Å². The summed E-state index contributed by atoms with van der Waals surface area (Å²) < 4.78 is 5.48. The van der Waals surface area contributed by atoms with Crippen LogP contribution < -0.4 is 5.32 Å². The van der Waals surface area contributed by atoms with Gasteiger partial charge in [0.15, 0.2) is 0 Å². The summed E-state index contributed by atoms with van der Waals surface area (Å²) in [4.78, 5) is 0. The first-order valence-electron chi connectivity index (χ1n) is 4.42. The average molecular weight is 216 g/mol. The van der Waals surface area contributed by atoms with Crippen LogP contribution in [0.4, 0.5) is 0 Å². The van der Waals surface area contributed by atoms with E-state index in [1.165, 1.54) is 0 Å². The van der Waals surface area contributed by atoms with Gasteiger partial charge in [-0.1, -0.05) is 12.1 Å². The maximum Gasteiger partial charge on any atom is 0.134 e. The number of halogens is 1. The van der Waals surface area contributed by atoms with Crippen molar-refractivity contribution >= 4 is 12.4 Å². The fraction of sp³-hybridized carbons (Fsp3) is 0.400. The molecule has 0 spiro atoms. The van der Waals surface area contributed by atoms with E-state index in [1.54, 1.807) is 12.1 Å². The van der Waals surface area contributed by atoms with Gasteiger partial charge in [0.25, 0.3) is 0 Å². The number of nitrogens with one attached hydrogen (secondary N) is 1. The molecular formula is C10H14ClNO2. The minimum absolute atomic E-state index is 0. The second-order valence-electron chi connectivity index (χ2n) is 3.38. The predicted octanol–water partition coefficient (Wildman–Crippen LogP) is 1.82. The SMILES string of the molecule is CC1COC(c2cccc(O)c2)N1.Cl. The predicted molar refractivity (Wildman–Crippen MR) is 56.6 cm³/mol. The molecule has 2 rings (SSSR count). The van der Waals surface area contributed by atoms with E-state index in [0.717, 1.165) is 12.2 Å². The number of phenolic OH excluding ortho intramolecular Hbond substituents is 1. The van der Waals surface area contributed by atoms with E-state index in [4.69, 9.17) is 4.74 Å². The lowest BCUT2D eigenvalue weighted by Crippen LogP contribution is -2.22. The summed E-state index contributed by atoms with van der Waals surface area (Å²) in [6, 6.07) is 7.51. The summed E-state index contributed by atoms with van der Waals surface area (Å²) in [5.74, 6) is 0.280. The molecule has 2 atom stereocenters. The number of rotatable bonds is 1. The molecule has 0 saturated carbocycles. The Morgan fingerprint density at radius 3 is 2.86 bits per heavy atom. The summed E-state index contributed by atoms with van der Waals surface area (Å²) in [7, 11) is 0. The molecule has 1 aliphatic heterocycles. The summed E-state index contributed by atoms with van der Waals surface area (Å²) in [6.07, 6.45) is -0.0675. The van der Waals surface area contributed by atoms with E-state index >= 15 is 0 Å². The number of hydrogen-bond donors (Lipinski definition) is 2. The van der Waals surface area contributed by atoms with Gasteiger partial charge in [0.05, 0.1) is 6.61 Å². The molecule has 0 aromatic heterocycles. The molecule has 0 radical (unpaired) electrons. The Labute approximate surface area is 89.5 Å². The number of hydrogen-bond acceptors (Lipinski definition) is 3. The third kappa shape index (κ3) is 2.38. The first kappa shape index (κ1) is 11.3. The number of aromatic hydroxyl groups is 1. The summed E-state index contributed by atoms with van der Waals surface area (Å²) in [5.41, 5.74) is 0.976. The molecule has 1 aliphatic rings. The Bertz CT molecular complexity index is 306. The normalized spacial score (nSPS) is 25.8. The summed E-state index contributed by atoms with van der Waals surface area (Å²) in [6.45, 7) is 2.79. The second kappa shape index (κ2) is 4.64. The second-order valence-corrected chi connectivity index (χ2v) is 3.38. The van der Waals surface area contributed by atoms with Gasteiger partial charge in [-0.05, 0) is 24.6 Å². The molecule has 1 heterocycles. The first-order chi connectivity index (χ1) is 6.25. The van der Waals surface area contributed by atoms with Crippen molar-refractivity contribution in [2.75, 3.05) is 6.61 Å². The largest absolute Gasteiger partial charge is 0.508 e. The van der Waals surface area contributed by atoms with E-state index in [9.17, 15) is 5.11 Å². The molecule has 2 N–H and O–H groups in total. The van der Waals surface area contributed by atoms with Gasteiger partial charge < -0.3 is 9.84 Å². The molecule has 0 amide bonds. The van der Waals surface area contributed by atoms with Gasteiger partial charge in [-0.2, -0.15) is 0 Å². The van der Waals surface area contributed by atoms with E-state index in [2.05, 4.69) is 12.2 Å². The molecule has 1 aromatic rings. The van der Waals surface area contributed by atoms with Crippen LogP contribution in [-0.2, 0) is 4.74 Å². The van der Waals surface area contributed by atoms with Crippen LogP contribution in [0.15, 0.2) is 24.3 Å². The van der Waals surface area contributed by atoms with Gasteiger partial charge in [0.2, 0.25) is 0 Å². The van der Waals surface area contributed by atoms with Crippen LogP contribution in [0.25, 0.3) is 0 Å². The molecule has 1 saturated heterocycles. The monoisotopic (exact) mass is 215 g/mol. The summed E-state index contributed by atoms with van der Waals surface area (Å²) >= 11 is 0. The molecule has 2 unspecified atom stereocenters. The van der Waals surface area contributed by atoms with Crippen LogP contribution in [-0.4, -0.2) is 17.8 Å². The zero-order valence-corrected chi connectivity index (χ0v) is 8.75. The number of benzene rings is 1. The van der Waals surface area contributed by atoms with Crippen molar-refractivity contribution in [1.82, 2.24) is 5.32 Å². The molecule has 78 valence electrons. The zero-order valence-electron chi connectivity index (χ0n) is 7.93. The van der Waals surface area contributed by atoms with Crippen LogP contribution in [0.2, 0.25) is 0 Å². The highest BCUT2D eigenvalue weighted by molar-refractivity contribution is 5.85. The quantitative estimate of drug-likeness (QED) is 0.751. The van der Waals surface area contributed by atoms with Crippen molar-refractivity contribution in [3.8, 4) is 5.75 Å². The van der Waals surface area contributed by atoms with E-state index < -0.39 is 0 Å². The molecule has 3 nitrogen and oxygen atoms in total. The minimum Gasteiger partial charge on any atom is -0.508 e. The summed E-state index contributed by atoms with van der Waals surface area (Å²) in [5, 5.41) is 12.5. The van der Waals surface area contributed by atoms with Crippen LogP contribution >= 0.6 is 12.4 Å². The Morgan fingerprint density at radius 2 is 2.29 bits per heavy atom. The number of phenols is 1. The maximum atomic E-state index is 9.26. The van der Waals surface area contributed by atoms with Crippen LogP contribution in [0.1, 0.15) is 18.7 Å². The highest BCUT2D eigenvalue weighted by Crippen LogP contribution is 2.22. The van der Waals surface area contributed by atoms with Crippen LogP contribution in [0.3, 0.4) is 0 Å². The fourth-order valence-corrected chi connectivity index (χ4v) is 1.48. The molecule has 1 fully saturated rings. The van der Waals surface area contributed by atoms with E-state index in [1.807, 2.05) is 12.1 Å². The van der Waals surface area contributed by atoms with Crippen LogP contribution in [0.5, 0.6) is 5.75 Å². The molecule has 14 heavy (non-hydrogen) atoms. The van der Waals surface area contributed by atoms with Gasteiger partial charge in [-0.25, -0.2) is 0 Å². The van der Waals surface area contributed by atoms with Gasteiger partial charge in [-0.15, -0.1) is 12.4 Å². The van der Waals surface area contributed by atoms with E-state index in [-0.39, 0.29) is 24.4 Å². The lowest BCUT2D eigenvalue weighted by molar-refractivity contribution is 0.101. The van der Waals surface area contributed by atoms with Gasteiger partial charge in [0.1, 0.15) is 12.0 Å². The highest BCUT2D eigenvalue weighted by Gasteiger charge is 2.22. The molecular weight excluding hydrogens is 202 g/mol. The van der Waals surface area contributed by atoms with Crippen molar-refractivity contribution in [2.45, 2.75) is 19.2 Å². The smallest absolute Gasteiger partial charge is 0.134 e. The van der Waals surface area contributed by atoms with Gasteiger partial charge >= 0.3 is 0 Å². The van der Waals surface area contributed by atoms with Gasteiger partial charge in [-0.3, -0.25) is 5.32 Å². The zero-order chi connectivity index (χ0) is 9.26. The molecule has 0 aliphatic carbocycles. The standard InChI is InChI=1S/C10H13NO2.ClH/c1-7-6-13-10(11-7)8-3-2-4-9(12)5-8;/h2-5,7,10-12H,6H2,1H3;1H. The third-order valence-corrected chi connectivity index (χ3v) is 2.12. The van der Waals surface area contributed by atoms with E-state index in [0.29, 0.717) is 6.04 Å². The lowest BCUT2D eigenvalue weighted by atomic mass is 10.2. The fourth-order valence-electron chi connectivity index (χ4n) is 1.48. The van der Waals surface area contributed by atoms with Crippen molar-refractivity contribution in [3.05, 3.63) is 29.8 Å². The van der Waals surface area contributed by atoms with Crippen molar-refractivity contribution < 1.29 is 9.84 Å². The van der Waals surface area contributed by atoms with Gasteiger partial charge in [0, 0.05) is 6.04 Å². The minimum atomic E-state index is -0.0675. The topological polar surface area (TPSA) is 41.5 Å². The molecule has 1 aromatic carbocycles. The Hall–Kier alpha value is -0.770. The third-order valence-electron chi connectivity index (χ3n) is 2.12. The van der Waals surface area contributed by atoms with Crippen molar-refractivity contribution in [3.63, 3.8) is 0 Å². The average Bonchev–Trinajstić information content (AvgIpc) is 2.52. The lowest BCUT2D eigenvalue weighted by Gasteiger charge is -2.10. The Balaban J connectivity index is 0.000000980. The Morgan fingerprint density at radius 1 is 1.50 bits per heavy atom. The highest BCUT2D eigenvalue weighted by atomic mass is 35.5. The molecule has 4 heteroatoms. The van der Waals surface area contributed by atoms with Crippen molar-refractivity contribution in [2.24, 2.45) is 0 Å². The Kier molecular flexibility index (Phi) is 3.75. The first-order valence-corrected chi connectivity index (χ1v) is 4.42.